The SMILES string of the molecule is CCCN(C)c1cc(NC(=O)O)c(NC(=O)CC(=O)c2cccc(-c3ccnc(COC4CCCCO4)c3)c2)cc1C(F)(F)F. The molecule has 240 valence electrons. The van der Waals surface area contributed by atoms with Crippen LogP contribution in [0.15, 0.2) is 54.7 Å². The molecule has 3 N–H and O–H groups in total. The van der Waals surface area contributed by atoms with Crippen molar-refractivity contribution in [3.63, 3.8) is 0 Å². The third-order valence-corrected chi connectivity index (χ3v) is 7.14. The summed E-state index contributed by atoms with van der Waals surface area (Å²) in [6.45, 7) is 2.98. The highest BCUT2D eigenvalue weighted by molar-refractivity contribution is 6.12. The van der Waals surface area contributed by atoms with E-state index >= 15 is 0 Å². The average molecular weight is 629 g/mol. The lowest BCUT2D eigenvalue weighted by Crippen LogP contribution is -2.24. The van der Waals surface area contributed by atoms with Gasteiger partial charge in [-0.25, -0.2) is 4.79 Å². The second-order valence-electron chi connectivity index (χ2n) is 10.6. The second-order valence-corrected chi connectivity index (χ2v) is 10.6. The van der Waals surface area contributed by atoms with Crippen LogP contribution in [0.4, 0.5) is 35.0 Å². The molecule has 1 aliphatic rings. The first-order valence-corrected chi connectivity index (χ1v) is 14.5. The van der Waals surface area contributed by atoms with Crippen molar-refractivity contribution in [2.24, 2.45) is 0 Å². The number of carbonyl (C=O) groups excluding carboxylic acids is 2. The van der Waals surface area contributed by atoms with Gasteiger partial charge in [0.05, 0.1) is 41.3 Å². The van der Waals surface area contributed by atoms with Crippen LogP contribution < -0.4 is 15.5 Å². The summed E-state index contributed by atoms with van der Waals surface area (Å²) < 4.78 is 53.3. The molecule has 4 rings (SSSR count). The number of pyridine rings is 1. The van der Waals surface area contributed by atoms with Gasteiger partial charge in [0.1, 0.15) is 0 Å². The summed E-state index contributed by atoms with van der Waals surface area (Å²) in [5.74, 6) is -1.49. The van der Waals surface area contributed by atoms with Crippen LogP contribution in [-0.4, -0.2) is 54.4 Å². The fourth-order valence-electron chi connectivity index (χ4n) is 4.98. The van der Waals surface area contributed by atoms with Crippen LogP contribution in [0.1, 0.15) is 60.6 Å². The van der Waals surface area contributed by atoms with Crippen LogP contribution in [0, 0.1) is 0 Å². The summed E-state index contributed by atoms with van der Waals surface area (Å²) in [4.78, 5) is 43.1. The Hall–Kier alpha value is -4.49. The Labute approximate surface area is 258 Å². The number of anilines is 3. The number of aromatic nitrogens is 1. The molecule has 2 amide bonds. The molecule has 1 fully saturated rings. The number of carboxylic acid groups (broad SMARTS) is 1. The Morgan fingerprint density at radius 3 is 2.51 bits per heavy atom. The molecule has 13 heteroatoms. The standard InChI is InChI=1S/C32H35F3N4O6/c1-3-12-39(2)27-17-26(38-31(42)43)25(16-24(27)32(33,34)35)37-29(41)18-28(40)22-8-6-7-20(14-22)21-10-11-36-23(15-21)19-45-30-9-4-5-13-44-30/h6-8,10-11,14-17,30,38H,3-5,9,12-13,18-19H2,1-2H3,(H,37,41)(H,42,43). The minimum absolute atomic E-state index is 0.212. The Morgan fingerprint density at radius 1 is 1.07 bits per heavy atom. The third-order valence-electron chi connectivity index (χ3n) is 7.14. The third kappa shape index (κ3) is 9.25. The van der Waals surface area contributed by atoms with Crippen LogP contribution >= 0.6 is 0 Å². The van der Waals surface area contributed by atoms with Crippen molar-refractivity contribution in [2.45, 2.75) is 58.1 Å². The highest BCUT2D eigenvalue weighted by atomic mass is 19.4. The van der Waals surface area contributed by atoms with Crippen molar-refractivity contribution >= 4 is 34.8 Å². The van der Waals surface area contributed by atoms with Crippen LogP contribution in [0.2, 0.25) is 0 Å². The number of halogens is 3. The van der Waals surface area contributed by atoms with Gasteiger partial charge in [-0.15, -0.1) is 0 Å². The molecule has 2 heterocycles. The van der Waals surface area contributed by atoms with E-state index in [-0.39, 0.29) is 36.4 Å². The molecule has 1 saturated heterocycles. The van der Waals surface area contributed by atoms with Crippen molar-refractivity contribution in [1.82, 2.24) is 4.98 Å². The first-order chi connectivity index (χ1) is 21.4. The zero-order valence-electron chi connectivity index (χ0n) is 24.9. The molecule has 0 bridgehead atoms. The van der Waals surface area contributed by atoms with Gasteiger partial charge < -0.3 is 24.8 Å². The molecule has 1 aromatic heterocycles. The molecule has 0 spiro atoms. The zero-order chi connectivity index (χ0) is 32.6. The Kier molecular flexibility index (Phi) is 11.1. The smallest absolute Gasteiger partial charge is 0.418 e. The fraction of sp³-hybridized carbons (Fsp3) is 0.375. The quantitative estimate of drug-likeness (QED) is 0.145. The molecule has 10 nitrogen and oxygen atoms in total. The number of amides is 2. The van der Waals surface area contributed by atoms with E-state index in [9.17, 15) is 32.7 Å². The lowest BCUT2D eigenvalue weighted by molar-refractivity contribution is -0.169. The maximum absolute atomic E-state index is 14.0. The van der Waals surface area contributed by atoms with E-state index in [1.165, 1.54) is 18.0 Å². The van der Waals surface area contributed by atoms with Gasteiger partial charge in [0.25, 0.3) is 0 Å². The number of hydrogen-bond acceptors (Lipinski definition) is 7. The molecular weight excluding hydrogens is 593 g/mol. The Morgan fingerprint density at radius 2 is 1.82 bits per heavy atom. The predicted molar refractivity (Wildman–Crippen MR) is 162 cm³/mol. The molecule has 0 radical (unpaired) electrons. The lowest BCUT2D eigenvalue weighted by atomic mass is 10.00. The number of ketones is 1. The monoisotopic (exact) mass is 628 g/mol. The number of alkyl halides is 3. The molecular formula is C32H35F3N4O6. The molecule has 1 atom stereocenters. The van der Waals surface area contributed by atoms with Crippen molar-refractivity contribution in [1.29, 1.82) is 0 Å². The number of benzene rings is 2. The summed E-state index contributed by atoms with van der Waals surface area (Å²) >= 11 is 0. The molecule has 0 saturated carbocycles. The second kappa shape index (κ2) is 15.0. The average Bonchev–Trinajstić information content (AvgIpc) is 3.00. The summed E-state index contributed by atoms with van der Waals surface area (Å²) in [5.41, 5.74) is 0.346. The minimum atomic E-state index is -4.79. The number of nitrogens with one attached hydrogen (secondary N) is 2. The van der Waals surface area contributed by atoms with Gasteiger partial charge in [0.2, 0.25) is 5.91 Å². The van der Waals surface area contributed by atoms with E-state index in [4.69, 9.17) is 9.47 Å². The van der Waals surface area contributed by atoms with E-state index in [0.717, 1.165) is 30.9 Å². The lowest BCUT2D eigenvalue weighted by Gasteiger charge is -2.25. The predicted octanol–water partition coefficient (Wildman–Crippen LogP) is 6.96. The van der Waals surface area contributed by atoms with E-state index in [2.05, 4.69) is 10.3 Å². The highest BCUT2D eigenvalue weighted by Crippen LogP contribution is 2.41. The van der Waals surface area contributed by atoms with Crippen LogP contribution in [0.25, 0.3) is 11.1 Å². The van der Waals surface area contributed by atoms with Gasteiger partial charge in [-0.1, -0.05) is 25.1 Å². The van der Waals surface area contributed by atoms with Gasteiger partial charge >= 0.3 is 12.3 Å². The summed E-state index contributed by atoms with van der Waals surface area (Å²) in [7, 11) is 1.46. The molecule has 3 aromatic rings. The maximum atomic E-state index is 14.0. The van der Waals surface area contributed by atoms with Crippen LogP contribution in [0.3, 0.4) is 0 Å². The fourth-order valence-corrected chi connectivity index (χ4v) is 4.98. The topological polar surface area (TPSA) is 130 Å². The van der Waals surface area contributed by atoms with E-state index in [1.807, 2.05) is 11.4 Å². The summed E-state index contributed by atoms with van der Waals surface area (Å²) in [5, 5.41) is 13.6. The zero-order valence-corrected chi connectivity index (χ0v) is 24.9. The van der Waals surface area contributed by atoms with Gasteiger partial charge in [0, 0.05) is 32.0 Å². The summed E-state index contributed by atoms with van der Waals surface area (Å²) in [6, 6.07) is 11.9. The first-order valence-electron chi connectivity index (χ1n) is 14.5. The summed E-state index contributed by atoms with van der Waals surface area (Å²) in [6.07, 6.45) is -2.25. The maximum Gasteiger partial charge on any atom is 0.418 e. The molecule has 1 unspecified atom stereocenters. The number of rotatable bonds is 12. The number of ether oxygens (including phenoxy) is 2. The number of carbonyl (C=O) groups is 3. The Balaban J connectivity index is 1.50. The van der Waals surface area contributed by atoms with E-state index < -0.39 is 41.6 Å². The van der Waals surface area contributed by atoms with Crippen molar-refractivity contribution < 1.29 is 42.1 Å². The van der Waals surface area contributed by atoms with Gasteiger partial charge in [-0.2, -0.15) is 13.2 Å². The minimum Gasteiger partial charge on any atom is -0.465 e. The van der Waals surface area contributed by atoms with Crippen molar-refractivity contribution in [3.8, 4) is 11.1 Å². The van der Waals surface area contributed by atoms with Gasteiger partial charge in [-0.05, 0) is 67.1 Å². The van der Waals surface area contributed by atoms with E-state index in [0.29, 0.717) is 30.4 Å². The molecule has 0 aliphatic carbocycles. The number of nitrogens with zero attached hydrogens (tertiary/aromatic N) is 2. The van der Waals surface area contributed by atoms with Gasteiger partial charge in [0.15, 0.2) is 12.1 Å². The van der Waals surface area contributed by atoms with Crippen molar-refractivity contribution in [2.75, 3.05) is 35.7 Å². The molecule has 45 heavy (non-hydrogen) atoms. The van der Waals surface area contributed by atoms with Crippen LogP contribution in [-0.2, 0) is 27.1 Å². The van der Waals surface area contributed by atoms with E-state index in [1.54, 1.807) is 37.4 Å². The number of hydrogen-bond donors (Lipinski definition) is 3. The Bertz CT molecular complexity index is 1520. The molecule has 2 aromatic carbocycles. The highest BCUT2D eigenvalue weighted by Gasteiger charge is 2.36. The normalized spacial score (nSPS) is 14.9. The van der Waals surface area contributed by atoms with Gasteiger partial charge in [-0.3, -0.25) is 19.9 Å². The first kappa shape index (κ1) is 33.4. The number of Topliss-reactive ketones (excluding diaryl/α,β-unsaturated/α-hetero) is 1. The largest absolute Gasteiger partial charge is 0.465 e. The van der Waals surface area contributed by atoms with Crippen LogP contribution in [0.5, 0.6) is 0 Å². The molecule has 1 aliphatic heterocycles. The van der Waals surface area contributed by atoms with Crippen molar-refractivity contribution in [3.05, 3.63) is 71.5 Å².